The maximum Gasteiger partial charge on any atom is 0.291 e. The number of halogens is 3. The lowest BCUT2D eigenvalue weighted by Crippen LogP contribution is -2.41. The maximum absolute atomic E-state index is 12.7. The van der Waals surface area contributed by atoms with Crippen LogP contribution in [-0.4, -0.2) is 21.6 Å². The lowest BCUT2D eigenvalue weighted by molar-refractivity contribution is -0.121. The first-order valence-corrected chi connectivity index (χ1v) is 10.3. The Kier molecular flexibility index (Phi) is 7.18. The molecule has 3 rings (SSSR count). The third-order valence-corrected chi connectivity index (χ3v) is 5.05. The Morgan fingerprint density at radius 1 is 1.06 bits per heavy atom. The molecule has 1 aromatic heterocycles. The van der Waals surface area contributed by atoms with Crippen molar-refractivity contribution in [2.45, 2.75) is 19.8 Å². The van der Waals surface area contributed by atoms with Gasteiger partial charge in [0.25, 0.3) is 5.91 Å². The molecular formula is C21H16Cl3N5O2. The minimum absolute atomic E-state index is 0.00980. The van der Waals surface area contributed by atoms with E-state index in [2.05, 4.69) is 16.0 Å². The Hall–Kier alpha value is -3.05. The number of hydrogen-bond donors (Lipinski definition) is 2. The van der Waals surface area contributed by atoms with Crippen LogP contribution in [0.1, 0.15) is 35.8 Å². The second kappa shape index (κ2) is 9.84. The second-order valence-electron chi connectivity index (χ2n) is 6.45. The van der Waals surface area contributed by atoms with Crippen molar-refractivity contribution in [2.75, 3.05) is 0 Å². The van der Waals surface area contributed by atoms with Crippen LogP contribution in [0.3, 0.4) is 0 Å². The number of carbonyl (C=O) groups is 2. The van der Waals surface area contributed by atoms with Gasteiger partial charge in [-0.15, -0.1) is 0 Å². The van der Waals surface area contributed by atoms with Gasteiger partial charge in [-0.3, -0.25) is 20.4 Å². The molecule has 0 bridgehead atoms. The zero-order chi connectivity index (χ0) is 22.5. The number of nitrogens with zero attached hydrogens (tertiary/aromatic N) is 3. The number of benzene rings is 2. The highest BCUT2D eigenvalue weighted by Gasteiger charge is 2.26. The molecule has 2 N–H and O–H groups in total. The first-order chi connectivity index (χ1) is 14.8. The molecule has 2 aromatic carbocycles. The molecule has 2 amide bonds. The highest BCUT2D eigenvalue weighted by Crippen LogP contribution is 2.33. The molecular weight excluding hydrogens is 461 g/mol. The number of nitrogens with one attached hydrogen (secondary N) is 2. The molecule has 0 saturated heterocycles. The Morgan fingerprint density at radius 2 is 1.74 bits per heavy atom. The van der Waals surface area contributed by atoms with E-state index in [0.29, 0.717) is 33.4 Å². The minimum Gasteiger partial charge on any atom is -0.273 e. The van der Waals surface area contributed by atoms with Gasteiger partial charge in [0.1, 0.15) is 11.6 Å². The predicted molar refractivity (Wildman–Crippen MR) is 119 cm³/mol. The molecule has 3 aromatic rings. The Labute approximate surface area is 193 Å². The standard InChI is InChI=1S/C21H16Cl3N5O2/c1-2-3-18(30)26-27-21(31)19-15(11-25)20(12-4-6-13(22)7-5-12)29(28-19)17-9-8-14(23)10-16(17)24/h4-10H,2-3H2,1H3,(H,26,30)(H,27,31). The molecule has 158 valence electrons. The molecule has 0 saturated carbocycles. The number of rotatable bonds is 5. The van der Waals surface area contributed by atoms with Crippen LogP contribution in [-0.2, 0) is 4.79 Å². The monoisotopic (exact) mass is 475 g/mol. The lowest BCUT2D eigenvalue weighted by Gasteiger charge is -2.10. The fourth-order valence-corrected chi connectivity index (χ4v) is 3.47. The summed E-state index contributed by atoms with van der Waals surface area (Å²) in [6, 6.07) is 13.5. The molecule has 7 nitrogen and oxygen atoms in total. The smallest absolute Gasteiger partial charge is 0.273 e. The van der Waals surface area contributed by atoms with Crippen molar-refractivity contribution >= 4 is 46.6 Å². The van der Waals surface area contributed by atoms with Gasteiger partial charge >= 0.3 is 0 Å². The number of hydrazine groups is 1. The summed E-state index contributed by atoms with van der Waals surface area (Å²) in [5.74, 6) is -1.09. The van der Waals surface area contributed by atoms with E-state index < -0.39 is 5.91 Å². The molecule has 0 aliphatic rings. The largest absolute Gasteiger partial charge is 0.291 e. The molecule has 0 radical (unpaired) electrons. The second-order valence-corrected chi connectivity index (χ2v) is 7.73. The molecule has 0 atom stereocenters. The van der Waals surface area contributed by atoms with Gasteiger partial charge in [0.15, 0.2) is 5.69 Å². The quantitative estimate of drug-likeness (QED) is 0.510. The van der Waals surface area contributed by atoms with Crippen LogP contribution in [0.2, 0.25) is 15.1 Å². The number of nitriles is 1. The molecule has 0 spiro atoms. The van der Waals surface area contributed by atoms with E-state index in [9.17, 15) is 14.9 Å². The summed E-state index contributed by atoms with van der Waals surface area (Å²) in [6.07, 6.45) is 0.867. The normalized spacial score (nSPS) is 10.4. The van der Waals surface area contributed by atoms with Crippen molar-refractivity contribution in [3.63, 3.8) is 0 Å². The molecule has 31 heavy (non-hydrogen) atoms. The Balaban J connectivity index is 2.15. The maximum atomic E-state index is 12.7. The lowest BCUT2D eigenvalue weighted by atomic mass is 10.1. The molecule has 0 aliphatic heterocycles. The van der Waals surface area contributed by atoms with Gasteiger partial charge < -0.3 is 0 Å². The van der Waals surface area contributed by atoms with Gasteiger partial charge in [-0.05, 0) is 36.8 Å². The molecule has 0 unspecified atom stereocenters. The van der Waals surface area contributed by atoms with E-state index in [0.717, 1.165) is 0 Å². The van der Waals surface area contributed by atoms with E-state index in [1.54, 1.807) is 36.4 Å². The van der Waals surface area contributed by atoms with Crippen molar-refractivity contribution in [1.82, 2.24) is 20.6 Å². The van der Waals surface area contributed by atoms with Gasteiger partial charge in [0.05, 0.1) is 16.4 Å². The van der Waals surface area contributed by atoms with E-state index in [1.807, 2.05) is 13.0 Å². The fourth-order valence-electron chi connectivity index (χ4n) is 2.86. The van der Waals surface area contributed by atoms with Crippen LogP contribution in [0.25, 0.3) is 16.9 Å². The Bertz CT molecular complexity index is 1180. The number of hydrogen-bond acceptors (Lipinski definition) is 4. The average Bonchev–Trinajstić information content (AvgIpc) is 3.12. The summed E-state index contributed by atoms with van der Waals surface area (Å²) in [5, 5.41) is 15.4. The topological polar surface area (TPSA) is 99.8 Å². The van der Waals surface area contributed by atoms with E-state index >= 15 is 0 Å². The van der Waals surface area contributed by atoms with Gasteiger partial charge in [-0.25, -0.2) is 4.68 Å². The van der Waals surface area contributed by atoms with Gasteiger partial charge in [-0.1, -0.05) is 53.9 Å². The van der Waals surface area contributed by atoms with E-state index in [-0.39, 0.29) is 28.6 Å². The van der Waals surface area contributed by atoms with Crippen molar-refractivity contribution in [3.05, 3.63) is 68.8 Å². The first kappa shape index (κ1) is 22.6. The number of amides is 2. The minimum atomic E-state index is -0.736. The summed E-state index contributed by atoms with van der Waals surface area (Å²) in [7, 11) is 0. The average molecular weight is 477 g/mol. The highest BCUT2D eigenvalue weighted by molar-refractivity contribution is 6.35. The SMILES string of the molecule is CCCC(=O)NNC(=O)c1nn(-c2ccc(Cl)cc2Cl)c(-c2ccc(Cl)cc2)c1C#N. The van der Waals surface area contributed by atoms with Gasteiger partial charge in [0, 0.05) is 22.0 Å². The number of aromatic nitrogens is 2. The first-order valence-electron chi connectivity index (χ1n) is 9.19. The zero-order valence-electron chi connectivity index (χ0n) is 16.2. The van der Waals surface area contributed by atoms with Crippen molar-refractivity contribution < 1.29 is 9.59 Å². The van der Waals surface area contributed by atoms with Gasteiger partial charge in [-0.2, -0.15) is 10.4 Å². The van der Waals surface area contributed by atoms with E-state index in [4.69, 9.17) is 34.8 Å². The van der Waals surface area contributed by atoms with Crippen LogP contribution in [0.4, 0.5) is 0 Å². The number of carbonyl (C=O) groups excluding carboxylic acids is 2. The summed E-state index contributed by atoms with van der Waals surface area (Å²) < 4.78 is 1.39. The van der Waals surface area contributed by atoms with Crippen LogP contribution in [0.15, 0.2) is 42.5 Å². The third-order valence-electron chi connectivity index (χ3n) is 4.26. The highest BCUT2D eigenvalue weighted by atomic mass is 35.5. The molecule has 0 aliphatic carbocycles. The summed E-state index contributed by atoms with van der Waals surface area (Å²) in [4.78, 5) is 24.4. The van der Waals surface area contributed by atoms with Crippen LogP contribution in [0, 0.1) is 11.3 Å². The zero-order valence-corrected chi connectivity index (χ0v) is 18.5. The van der Waals surface area contributed by atoms with Crippen LogP contribution >= 0.6 is 34.8 Å². The van der Waals surface area contributed by atoms with Crippen molar-refractivity contribution in [1.29, 1.82) is 5.26 Å². The Morgan fingerprint density at radius 3 is 2.35 bits per heavy atom. The summed E-state index contributed by atoms with van der Waals surface area (Å²) in [5.41, 5.74) is 5.79. The van der Waals surface area contributed by atoms with Crippen LogP contribution < -0.4 is 10.9 Å². The summed E-state index contributed by atoms with van der Waals surface area (Å²) >= 11 is 18.4. The van der Waals surface area contributed by atoms with E-state index in [1.165, 1.54) is 10.7 Å². The van der Waals surface area contributed by atoms with Crippen molar-refractivity contribution in [3.8, 4) is 23.0 Å². The van der Waals surface area contributed by atoms with Crippen LogP contribution in [0.5, 0.6) is 0 Å². The molecule has 0 fully saturated rings. The summed E-state index contributed by atoms with van der Waals surface area (Å²) in [6.45, 7) is 1.84. The van der Waals surface area contributed by atoms with Gasteiger partial charge in [0.2, 0.25) is 5.91 Å². The van der Waals surface area contributed by atoms with Crippen molar-refractivity contribution in [2.24, 2.45) is 0 Å². The molecule has 10 heteroatoms. The molecule has 1 heterocycles. The predicted octanol–water partition coefficient (Wildman–Crippen LogP) is 4.93. The third kappa shape index (κ3) is 5.00. The fraction of sp³-hybridized carbons (Fsp3) is 0.143.